The number of nitrogens with one attached hydrogen (secondary N) is 1. The lowest BCUT2D eigenvalue weighted by molar-refractivity contribution is 0.597. The summed E-state index contributed by atoms with van der Waals surface area (Å²) in [7, 11) is -3.21. The third kappa shape index (κ3) is 4.19. The minimum absolute atomic E-state index is 0.0950. The predicted molar refractivity (Wildman–Crippen MR) is 83.3 cm³/mol. The molecule has 0 aliphatic rings. The molecule has 0 amide bonds. The summed E-state index contributed by atoms with van der Waals surface area (Å²) in [5, 5.41) is 11.8. The van der Waals surface area contributed by atoms with Crippen molar-refractivity contribution in [1.29, 1.82) is 0 Å². The average Bonchev–Trinajstić information content (AvgIpc) is 2.88. The van der Waals surface area contributed by atoms with E-state index >= 15 is 0 Å². The average molecular weight is 329 g/mol. The highest BCUT2D eigenvalue weighted by atomic mass is 32.2. The van der Waals surface area contributed by atoms with Crippen LogP contribution in [0.1, 0.15) is 6.92 Å². The van der Waals surface area contributed by atoms with E-state index in [0.717, 1.165) is 16.0 Å². The van der Waals surface area contributed by atoms with Gasteiger partial charge in [0.15, 0.2) is 14.2 Å². The molecule has 1 heterocycles. The molecule has 0 aliphatic carbocycles. The Kier molecular flexibility index (Phi) is 5.38. The Morgan fingerprint density at radius 1 is 1.25 bits per heavy atom. The first-order valence-corrected chi connectivity index (χ1v) is 9.55. The van der Waals surface area contributed by atoms with Gasteiger partial charge in [-0.05, 0) is 19.1 Å². The van der Waals surface area contributed by atoms with Gasteiger partial charge in [0.1, 0.15) is 0 Å². The molecular formula is C12H15N3O2S3. The Bertz CT molecular complexity index is 641. The molecule has 0 radical (unpaired) electrons. The van der Waals surface area contributed by atoms with Gasteiger partial charge in [-0.1, -0.05) is 41.3 Å². The number of aromatic nitrogens is 2. The zero-order valence-corrected chi connectivity index (χ0v) is 13.4. The van der Waals surface area contributed by atoms with E-state index in [-0.39, 0.29) is 5.75 Å². The zero-order valence-electron chi connectivity index (χ0n) is 10.9. The highest BCUT2D eigenvalue weighted by Gasteiger charge is 2.14. The van der Waals surface area contributed by atoms with Crippen molar-refractivity contribution in [3.05, 3.63) is 30.3 Å². The fourth-order valence-electron chi connectivity index (χ4n) is 1.48. The molecule has 0 fully saturated rings. The monoisotopic (exact) mass is 329 g/mol. The van der Waals surface area contributed by atoms with Crippen LogP contribution in [0, 0.1) is 0 Å². The molecule has 1 aromatic carbocycles. The lowest BCUT2D eigenvalue weighted by Crippen LogP contribution is -2.08. The molecule has 0 atom stereocenters. The standard InChI is InChI=1S/C12H15N3O2S3/c1-2-13-11-14-15-12(19-11)18-8-9-20(16,17)10-6-4-3-5-7-10/h3-7H,2,8-9H2,1H3,(H,13,14). The molecule has 108 valence electrons. The van der Waals surface area contributed by atoms with E-state index in [9.17, 15) is 8.42 Å². The lowest BCUT2D eigenvalue weighted by atomic mass is 10.4. The number of hydrogen-bond donors (Lipinski definition) is 1. The van der Waals surface area contributed by atoms with Gasteiger partial charge in [-0.25, -0.2) is 8.42 Å². The Balaban J connectivity index is 1.89. The summed E-state index contributed by atoms with van der Waals surface area (Å²) >= 11 is 2.85. The van der Waals surface area contributed by atoms with Crippen molar-refractivity contribution in [1.82, 2.24) is 10.2 Å². The van der Waals surface area contributed by atoms with Crippen molar-refractivity contribution in [2.75, 3.05) is 23.4 Å². The van der Waals surface area contributed by atoms with Crippen LogP contribution >= 0.6 is 23.1 Å². The molecule has 0 saturated carbocycles. The van der Waals surface area contributed by atoms with Gasteiger partial charge in [-0.3, -0.25) is 0 Å². The normalized spacial score (nSPS) is 11.4. The first-order valence-electron chi connectivity index (χ1n) is 6.10. The number of nitrogens with zero attached hydrogens (tertiary/aromatic N) is 2. The minimum atomic E-state index is -3.21. The highest BCUT2D eigenvalue weighted by molar-refractivity contribution is 8.02. The van der Waals surface area contributed by atoms with Crippen molar-refractivity contribution in [3.63, 3.8) is 0 Å². The number of anilines is 1. The van der Waals surface area contributed by atoms with Gasteiger partial charge < -0.3 is 5.32 Å². The van der Waals surface area contributed by atoms with Crippen molar-refractivity contribution >= 4 is 38.1 Å². The smallest absolute Gasteiger partial charge is 0.206 e. The Labute approximate surface area is 126 Å². The largest absolute Gasteiger partial charge is 0.360 e. The van der Waals surface area contributed by atoms with E-state index in [1.165, 1.54) is 23.1 Å². The number of hydrogen-bond acceptors (Lipinski definition) is 7. The van der Waals surface area contributed by atoms with Crippen LogP contribution in [0.25, 0.3) is 0 Å². The lowest BCUT2D eigenvalue weighted by Gasteiger charge is -2.02. The second-order valence-electron chi connectivity index (χ2n) is 3.88. The van der Waals surface area contributed by atoms with Gasteiger partial charge in [0.05, 0.1) is 10.6 Å². The van der Waals surface area contributed by atoms with Gasteiger partial charge in [0.25, 0.3) is 0 Å². The molecule has 0 saturated heterocycles. The van der Waals surface area contributed by atoms with E-state index in [0.29, 0.717) is 10.6 Å². The fraction of sp³-hybridized carbons (Fsp3) is 0.333. The maximum atomic E-state index is 12.1. The molecule has 2 aromatic rings. The minimum Gasteiger partial charge on any atom is -0.360 e. The van der Waals surface area contributed by atoms with Crippen molar-refractivity contribution in [2.24, 2.45) is 0 Å². The Hall–Kier alpha value is -1.12. The van der Waals surface area contributed by atoms with Gasteiger partial charge in [0, 0.05) is 12.3 Å². The van der Waals surface area contributed by atoms with E-state index in [1.807, 2.05) is 6.92 Å². The number of thioether (sulfide) groups is 1. The van der Waals surface area contributed by atoms with E-state index in [1.54, 1.807) is 30.3 Å². The molecule has 2 rings (SSSR count). The maximum Gasteiger partial charge on any atom is 0.206 e. The first-order chi connectivity index (χ1) is 9.62. The van der Waals surface area contributed by atoms with Crippen LogP contribution in [0.3, 0.4) is 0 Å². The maximum absolute atomic E-state index is 12.1. The predicted octanol–water partition coefficient (Wildman–Crippen LogP) is 2.54. The summed E-state index contributed by atoms with van der Waals surface area (Å²) in [5.74, 6) is 0.565. The number of benzene rings is 1. The first kappa shape index (κ1) is 15.3. The number of sulfone groups is 1. The van der Waals surface area contributed by atoms with E-state index < -0.39 is 9.84 Å². The summed E-state index contributed by atoms with van der Waals surface area (Å²) < 4.78 is 24.9. The quantitative estimate of drug-likeness (QED) is 0.787. The van der Waals surface area contributed by atoms with Crippen molar-refractivity contribution < 1.29 is 8.42 Å². The number of rotatable bonds is 7. The second-order valence-corrected chi connectivity index (χ2v) is 8.31. The van der Waals surface area contributed by atoms with Crippen molar-refractivity contribution in [2.45, 2.75) is 16.2 Å². The summed E-state index contributed by atoms with van der Waals surface area (Å²) in [6.07, 6.45) is 0. The van der Waals surface area contributed by atoms with Gasteiger partial charge in [-0.15, -0.1) is 10.2 Å². The summed E-state index contributed by atoms with van der Waals surface area (Å²) in [6.45, 7) is 2.78. The molecule has 0 unspecified atom stereocenters. The molecule has 8 heteroatoms. The fourth-order valence-corrected chi connectivity index (χ4v) is 5.03. The van der Waals surface area contributed by atoms with Crippen LogP contribution in [-0.2, 0) is 9.84 Å². The SMILES string of the molecule is CCNc1nnc(SCCS(=O)(=O)c2ccccc2)s1. The van der Waals surface area contributed by atoms with Gasteiger partial charge >= 0.3 is 0 Å². The molecule has 1 N–H and O–H groups in total. The van der Waals surface area contributed by atoms with Crippen LogP contribution in [-0.4, -0.2) is 36.7 Å². The zero-order chi connectivity index (χ0) is 14.4. The van der Waals surface area contributed by atoms with Crippen LogP contribution < -0.4 is 5.32 Å². The Morgan fingerprint density at radius 2 is 2.00 bits per heavy atom. The topological polar surface area (TPSA) is 72.0 Å². The molecule has 0 spiro atoms. The van der Waals surface area contributed by atoms with Crippen LogP contribution in [0.15, 0.2) is 39.6 Å². The molecule has 0 aliphatic heterocycles. The Morgan fingerprint density at radius 3 is 2.70 bits per heavy atom. The summed E-state index contributed by atoms with van der Waals surface area (Å²) in [4.78, 5) is 0.367. The third-order valence-electron chi connectivity index (χ3n) is 2.41. The van der Waals surface area contributed by atoms with E-state index in [2.05, 4.69) is 15.5 Å². The highest BCUT2D eigenvalue weighted by Crippen LogP contribution is 2.25. The molecule has 5 nitrogen and oxygen atoms in total. The van der Waals surface area contributed by atoms with Crippen LogP contribution in [0.4, 0.5) is 5.13 Å². The summed E-state index contributed by atoms with van der Waals surface area (Å²) in [5.41, 5.74) is 0. The van der Waals surface area contributed by atoms with Crippen molar-refractivity contribution in [3.8, 4) is 0 Å². The molecular weight excluding hydrogens is 314 g/mol. The third-order valence-corrected chi connectivity index (χ3v) is 6.42. The molecule has 20 heavy (non-hydrogen) atoms. The molecule has 0 bridgehead atoms. The second kappa shape index (κ2) is 7.05. The van der Waals surface area contributed by atoms with Crippen LogP contribution in [0.5, 0.6) is 0 Å². The summed E-state index contributed by atoms with van der Waals surface area (Å²) in [6, 6.07) is 8.50. The molecule has 1 aromatic heterocycles. The van der Waals surface area contributed by atoms with Gasteiger partial charge in [0.2, 0.25) is 5.13 Å². The van der Waals surface area contributed by atoms with Gasteiger partial charge in [-0.2, -0.15) is 0 Å². The van der Waals surface area contributed by atoms with E-state index in [4.69, 9.17) is 0 Å². The van der Waals surface area contributed by atoms with Crippen LogP contribution in [0.2, 0.25) is 0 Å².